The van der Waals surface area contributed by atoms with Gasteiger partial charge >= 0.3 is 0 Å². The Morgan fingerprint density at radius 3 is 1.56 bits per heavy atom. The molecule has 0 saturated heterocycles. The van der Waals surface area contributed by atoms with E-state index in [4.69, 9.17) is 11.4 Å². The van der Waals surface area contributed by atoms with Gasteiger partial charge in [0.1, 0.15) is 5.75 Å². The Morgan fingerprint density at radius 2 is 1.28 bits per heavy atom. The van der Waals surface area contributed by atoms with E-state index in [1.54, 1.807) is 7.11 Å². The average molecular weight is 266 g/mol. The fraction of sp³-hybridized carbons (Fsp3) is 0.562. The monoisotopic (exact) mass is 266 g/mol. The van der Waals surface area contributed by atoms with Crippen LogP contribution in [-0.4, -0.2) is 17.4 Å². The molecule has 0 atom stereocenters. The first kappa shape index (κ1) is 15.5. The van der Waals surface area contributed by atoms with E-state index >= 15 is 0 Å². The van der Waals surface area contributed by atoms with E-state index in [0.29, 0.717) is 0 Å². The Hall–Kier alpha value is -0.550. The predicted octanol–water partition coefficient (Wildman–Crippen LogP) is 4.73. The number of hydrogen-bond donors (Lipinski definition) is 0. The van der Waals surface area contributed by atoms with Crippen LogP contribution in [0.25, 0.3) is 0 Å². The molecule has 0 aliphatic heterocycles. The molecule has 102 valence electrons. The van der Waals surface area contributed by atoms with Gasteiger partial charge in [0.05, 0.1) is 22.7 Å². The lowest BCUT2D eigenvalue weighted by atomic mass is 10.2. The zero-order valence-electron chi connectivity index (χ0n) is 12.9. The van der Waals surface area contributed by atoms with Crippen molar-refractivity contribution >= 4 is 12.6 Å². The molecule has 0 aliphatic carbocycles. The maximum atomic E-state index is 5.25. The molecule has 0 aliphatic rings. The second-order valence-electron chi connectivity index (χ2n) is 6.85. The SMILES string of the molecule is [CH2-][P+](c1ccc(OC)cc1)(C(C)(C)C)C(C)(C)C. The third-order valence-corrected chi connectivity index (χ3v) is 9.56. The molecule has 0 fully saturated rings. The van der Waals surface area contributed by atoms with Crippen molar-refractivity contribution in [1.29, 1.82) is 0 Å². The third-order valence-electron chi connectivity index (χ3n) is 3.80. The van der Waals surface area contributed by atoms with Gasteiger partial charge in [-0.25, -0.2) is 0 Å². The van der Waals surface area contributed by atoms with E-state index in [2.05, 4.69) is 53.7 Å². The lowest BCUT2D eigenvalue weighted by Crippen LogP contribution is -2.38. The van der Waals surface area contributed by atoms with Crippen LogP contribution in [-0.2, 0) is 0 Å². The summed E-state index contributed by atoms with van der Waals surface area (Å²) >= 11 is 0. The van der Waals surface area contributed by atoms with Crippen LogP contribution < -0.4 is 10.0 Å². The highest BCUT2D eigenvalue weighted by molar-refractivity contribution is 7.86. The minimum Gasteiger partial charge on any atom is -0.497 e. The lowest BCUT2D eigenvalue weighted by molar-refractivity contribution is 0.415. The van der Waals surface area contributed by atoms with Crippen LogP contribution in [0.4, 0.5) is 0 Å². The van der Waals surface area contributed by atoms with Crippen molar-refractivity contribution in [2.45, 2.75) is 51.9 Å². The van der Waals surface area contributed by atoms with Gasteiger partial charge in [0, 0.05) is 0 Å². The molecule has 0 bridgehead atoms. The normalized spacial score (nSPS) is 13.6. The van der Waals surface area contributed by atoms with Gasteiger partial charge in [0.2, 0.25) is 0 Å². The summed E-state index contributed by atoms with van der Waals surface area (Å²) in [6, 6.07) is 8.48. The summed E-state index contributed by atoms with van der Waals surface area (Å²) in [7, 11) is 0.178. The van der Waals surface area contributed by atoms with Crippen molar-refractivity contribution < 1.29 is 4.74 Å². The first-order chi connectivity index (χ1) is 8.04. The van der Waals surface area contributed by atoms with Gasteiger partial charge in [0.15, 0.2) is 0 Å². The van der Waals surface area contributed by atoms with Crippen molar-refractivity contribution in [2.24, 2.45) is 0 Å². The first-order valence-electron chi connectivity index (χ1n) is 6.42. The molecule has 0 heterocycles. The molecule has 1 nitrogen and oxygen atoms in total. The average Bonchev–Trinajstić information content (AvgIpc) is 2.25. The Kier molecular flexibility index (Phi) is 4.18. The van der Waals surface area contributed by atoms with E-state index in [0.717, 1.165) is 5.75 Å². The highest BCUT2D eigenvalue weighted by atomic mass is 31.2. The van der Waals surface area contributed by atoms with E-state index in [-0.39, 0.29) is 10.3 Å². The standard InChI is InChI=1S/C16H27OP/c1-15(2,3)18(8,16(4,5)6)14-11-9-13(17-7)10-12-14/h9-12H,8H2,1-7H3. The van der Waals surface area contributed by atoms with E-state index in [1.807, 2.05) is 12.1 Å². The molecule has 0 N–H and O–H groups in total. The first-order valence-corrected chi connectivity index (χ1v) is 8.39. The van der Waals surface area contributed by atoms with Crippen LogP contribution in [0.15, 0.2) is 24.3 Å². The molecule has 1 rings (SSSR count). The molecule has 0 radical (unpaired) electrons. The van der Waals surface area contributed by atoms with Crippen LogP contribution in [0.3, 0.4) is 0 Å². The molecule has 0 saturated carbocycles. The van der Waals surface area contributed by atoms with Crippen molar-refractivity contribution in [1.82, 2.24) is 0 Å². The molecule has 0 aromatic heterocycles. The summed E-state index contributed by atoms with van der Waals surface area (Å²) in [6.45, 7) is 18.6. The number of hydrogen-bond acceptors (Lipinski definition) is 1. The third kappa shape index (κ3) is 2.57. The van der Waals surface area contributed by atoms with Crippen molar-refractivity contribution in [3.63, 3.8) is 0 Å². The smallest absolute Gasteiger partial charge is 0.119 e. The van der Waals surface area contributed by atoms with E-state index in [1.165, 1.54) is 5.30 Å². The van der Waals surface area contributed by atoms with Crippen LogP contribution in [0.2, 0.25) is 0 Å². The number of methoxy groups -OCH3 is 1. The molecule has 0 unspecified atom stereocenters. The second-order valence-corrected chi connectivity index (χ2v) is 11.7. The van der Waals surface area contributed by atoms with Crippen LogP contribution in [0, 0.1) is 6.66 Å². The quantitative estimate of drug-likeness (QED) is 0.555. The summed E-state index contributed by atoms with van der Waals surface area (Å²) in [6.07, 6.45) is 0. The molecule has 1 aromatic rings. The minimum absolute atomic E-state index is 0.194. The summed E-state index contributed by atoms with van der Waals surface area (Å²) in [5.41, 5.74) is 0. The van der Waals surface area contributed by atoms with Gasteiger partial charge in [-0.05, 0) is 65.8 Å². The summed E-state index contributed by atoms with van der Waals surface area (Å²) < 4.78 is 5.25. The second kappa shape index (κ2) is 4.85. The predicted molar refractivity (Wildman–Crippen MR) is 84.4 cm³/mol. The fourth-order valence-electron chi connectivity index (χ4n) is 2.62. The topological polar surface area (TPSA) is 9.23 Å². The highest BCUT2D eigenvalue weighted by Gasteiger charge is 2.49. The van der Waals surface area contributed by atoms with Gasteiger partial charge in [-0.3, -0.25) is 0 Å². The maximum absolute atomic E-state index is 5.25. The zero-order chi connectivity index (χ0) is 14.2. The molecule has 1 aromatic carbocycles. The maximum Gasteiger partial charge on any atom is 0.119 e. The van der Waals surface area contributed by atoms with Gasteiger partial charge in [-0.1, -0.05) is 7.26 Å². The molecular formula is C16H27OP. The Labute approximate surface area is 113 Å². The zero-order valence-corrected chi connectivity index (χ0v) is 13.8. The molecule has 18 heavy (non-hydrogen) atoms. The van der Waals surface area contributed by atoms with Gasteiger partial charge in [-0.2, -0.15) is 6.66 Å². The Balaban J connectivity index is 3.36. The van der Waals surface area contributed by atoms with Crippen LogP contribution in [0.1, 0.15) is 41.5 Å². The number of benzene rings is 1. The van der Waals surface area contributed by atoms with Gasteiger partial charge in [-0.15, -0.1) is 0 Å². The summed E-state index contributed by atoms with van der Waals surface area (Å²) in [5, 5.41) is 1.77. The van der Waals surface area contributed by atoms with Gasteiger partial charge < -0.3 is 4.74 Å². The largest absolute Gasteiger partial charge is 0.497 e. The van der Waals surface area contributed by atoms with E-state index in [9.17, 15) is 0 Å². The Bertz CT molecular complexity index is 379. The number of ether oxygens (including phenoxy) is 1. The summed E-state index contributed by atoms with van der Waals surface area (Å²) in [5.74, 6) is 0.910. The van der Waals surface area contributed by atoms with Crippen molar-refractivity contribution in [2.75, 3.05) is 7.11 Å². The molecule has 0 amide bonds. The van der Waals surface area contributed by atoms with Crippen LogP contribution in [0.5, 0.6) is 5.75 Å². The minimum atomic E-state index is -1.53. The van der Waals surface area contributed by atoms with Crippen molar-refractivity contribution in [3.05, 3.63) is 30.9 Å². The van der Waals surface area contributed by atoms with Gasteiger partial charge in [0.25, 0.3) is 0 Å². The molecular weight excluding hydrogens is 239 g/mol. The Morgan fingerprint density at radius 1 is 0.889 bits per heavy atom. The van der Waals surface area contributed by atoms with E-state index < -0.39 is 7.26 Å². The van der Waals surface area contributed by atoms with Crippen LogP contribution >= 0.6 is 7.26 Å². The lowest BCUT2D eigenvalue weighted by Gasteiger charge is -2.50. The highest BCUT2D eigenvalue weighted by Crippen LogP contribution is 2.74. The number of rotatable bonds is 2. The summed E-state index contributed by atoms with van der Waals surface area (Å²) in [4.78, 5) is 0. The molecule has 2 heteroatoms. The fourth-order valence-corrected chi connectivity index (χ4v) is 6.84. The molecule has 0 spiro atoms. The van der Waals surface area contributed by atoms with Crippen molar-refractivity contribution in [3.8, 4) is 5.75 Å².